The van der Waals surface area contributed by atoms with Crippen LogP contribution in [0.15, 0.2) is 0 Å². The summed E-state index contributed by atoms with van der Waals surface area (Å²) in [4.78, 5) is 14.9. The number of fused-ring (bicyclic) bond motifs is 5. The lowest BCUT2D eigenvalue weighted by atomic mass is 9.90. The van der Waals surface area contributed by atoms with Crippen molar-refractivity contribution in [3.05, 3.63) is 0 Å². The average molecular weight is 268 g/mol. The Balaban J connectivity index is 1.46. The molecule has 4 aliphatic rings. The van der Waals surface area contributed by atoms with Crippen molar-refractivity contribution in [3.8, 4) is 0 Å². The fraction of sp³-hybridized carbons (Fsp3) is 0.933. The number of rotatable bonds is 4. The van der Waals surface area contributed by atoms with Crippen molar-refractivity contribution in [2.24, 2.45) is 29.6 Å². The highest BCUT2D eigenvalue weighted by Gasteiger charge is 2.68. The molecule has 0 aromatic carbocycles. The van der Waals surface area contributed by atoms with Crippen molar-refractivity contribution in [2.75, 3.05) is 12.4 Å². The van der Waals surface area contributed by atoms with E-state index in [-0.39, 0.29) is 0 Å². The van der Waals surface area contributed by atoms with E-state index in [0.717, 1.165) is 30.2 Å². The maximum Gasteiger partial charge on any atom is 0.226 e. The second-order valence-electron chi connectivity index (χ2n) is 6.82. The van der Waals surface area contributed by atoms with Crippen molar-refractivity contribution in [3.63, 3.8) is 0 Å². The summed E-state index contributed by atoms with van der Waals surface area (Å²) in [6, 6.07) is 0.523. The SMILES string of the molecule is O=C(C1C2C3CCC(C3)C12)N(CCCl)C1CCC1. The Kier molecular flexibility index (Phi) is 2.65. The third-order valence-corrected chi connectivity index (χ3v) is 6.31. The van der Waals surface area contributed by atoms with Gasteiger partial charge >= 0.3 is 0 Å². The van der Waals surface area contributed by atoms with Crippen LogP contribution in [0.4, 0.5) is 0 Å². The van der Waals surface area contributed by atoms with Crippen LogP contribution in [0.1, 0.15) is 38.5 Å². The molecule has 2 bridgehead atoms. The molecule has 0 N–H and O–H groups in total. The second-order valence-corrected chi connectivity index (χ2v) is 7.20. The second kappa shape index (κ2) is 4.13. The number of hydrogen-bond donors (Lipinski definition) is 0. The maximum atomic E-state index is 12.7. The topological polar surface area (TPSA) is 20.3 Å². The van der Waals surface area contributed by atoms with Gasteiger partial charge in [-0.2, -0.15) is 0 Å². The quantitative estimate of drug-likeness (QED) is 0.718. The predicted octanol–water partition coefficient (Wildman–Crippen LogP) is 2.90. The predicted molar refractivity (Wildman–Crippen MR) is 71.4 cm³/mol. The largest absolute Gasteiger partial charge is 0.338 e. The van der Waals surface area contributed by atoms with Crippen molar-refractivity contribution >= 4 is 17.5 Å². The minimum absolute atomic E-state index is 0.403. The number of carbonyl (C=O) groups is 1. The van der Waals surface area contributed by atoms with Gasteiger partial charge in [-0.3, -0.25) is 4.79 Å². The van der Waals surface area contributed by atoms with E-state index in [1.54, 1.807) is 0 Å². The molecule has 4 rings (SSSR count). The number of amides is 1. The van der Waals surface area contributed by atoms with E-state index in [0.29, 0.717) is 23.7 Å². The molecular weight excluding hydrogens is 246 g/mol. The molecule has 4 saturated carbocycles. The van der Waals surface area contributed by atoms with Gasteiger partial charge in [-0.25, -0.2) is 0 Å². The van der Waals surface area contributed by atoms with Gasteiger partial charge in [0.1, 0.15) is 0 Å². The van der Waals surface area contributed by atoms with Gasteiger partial charge in [0.15, 0.2) is 0 Å². The van der Waals surface area contributed by atoms with Gasteiger partial charge in [-0.05, 0) is 62.2 Å². The highest BCUT2D eigenvalue weighted by atomic mass is 35.5. The minimum atomic E-state index is 0.403. The molecule has 0 heterocycles. The number of carbonyl (C=O) groups excluding carboxylic acids is 1. The lowest BCUT2D eigenvalue weighted by Crippen LogP contribution is -2.46. The fourth-order valence-corrected chi connectivity index (χ4v) is 5.29. The highest BCUT2D eigenvalue weighted by Crippen LogP contribution is 2.69. The normalized spacial score (nSPS) is 44.6. The van der Waals surface area contributed by atoms with Crippen LogP contribution in [0.5, 0.6) is 0 Å². The first kappa shape index (κ1) is 11.6. The first-order chi connectivity index (χ1) is 8.81. The molecule has 0 saturated heterocycles. The Morgan fingerprint density at radius 2 is 1.78 bits per heavy atom. The molecule has 4 atom stereocenters. The molecule has 0 spiro atoms. The third kappa shape index (κ3) is 1.51. The summed E-state index contributed by atoms with van der Waals surface area (Å²) in [6.45, 7) is 0.774. The van der Waals surface area contributed by atoms with E-state index < -0.39 is 0 Å². The van der Waals surface area contributed by atoms with Crippen LogP contribution in [0.25, 0.3) is 0 Å². The van der Waals surface area contributed by atoms with Gasteiger partial charge < -0.3 is 4.90 Å². The van der Waals surface area contributed by atoms with Crippen LogP contribution in [0.2, 0.25) is 0 Å². The van der Waals surface area contributed by atoms with Gasteiger partial charge in [0.05, 0.1) is 0 Å². The van der Waals surface area contributed by atoms with Crippen LogP contribution in [0.3, 0.4) is 0 Å². The van der Waals surface area contributed by atoms with Gasteiger partial charge in [0.2, 0.25) is 5.91 Å². The molecule has 0 radical (unpaired) electrons. The Labute approximate surface area is 114 Å². The van der Waals surface area contributed by atoms with Crippen LogP contribution in [-0.4, -0.2) is 29.3 Å². The molecule has 100 valence electrons. The summed E-state index contributed by atoms with van der Waals surface area (Å²) in [7, 11) is 0. The number of alkyl halides is 1. The average Bonchev–Trinajstić information content (AvgIpc) is 2.73. The van der Waals surface area contributed by atoms with E-state index in [1.165, 1.54) is 38.5 Å². The fourth-order valence-electron chi connectivity index (χ4n) is 5.11. The van der Waals surface area contributed by atoms with E-state index in [9.17, 15) is 4.79 Å². The molecule has 4 fully saturated rings. The van der Waals surface area contributed by atoms with E-state index in [2.05, 4.69) is 4.90 Å². The van der Waals surface area contributed by atoms with Crippen LogP contribution >= 0.6 is 11.6 Å². The zero-order chi connectivity index (χ0) is 12.3. The Hall–Kier alpha value is -0.240. The Morgan fingerprint density at radius 3 is 2.28 bits per heavy atom. The van der Waals surface area contributed by atoms with Crippen LogP contribution in [0, 0.1) is 29.6 Å². The Bertz CT molecular complexity index is 352. The third-order valence-electron chi connectivity index (χ3n) is 6.14. The molecule has 4 aliphatic carbocycles. The molecule has 4 unspecified atom stereocenters. The number of halogens is 1. The van der Waals surface area contributed by atoms with Gasteiger partial charge in [-0.1, -0.05) is 0 Å². The van der Waals surface area contributed by atoms with Crippen LogP contribution in [-0.2, 0) is 4.79 Å². The molecule has 0 aromatic rings. The standard InChI is InChI=1S/C15H22ClNO/c16-6-7-17(11-2-1-3-11)15(18)14-12-9-4-5-10(8-9)13(12)14/h9-14H,1-8H2. The lowest BCUT2D eigenvalue weighted by molar-refractivity contribution is -0.137. The highest BCUT2D eigenvalue weighted by molar-refractivity contribution is 6.18. The van der Waals surface area contributed by atoms with Gasteiger partial charge in [0.25, 0.3) is 0 Å². The Morgan fingerprint density at radius 1 is 1.11 bits per heavy atom. The smallest absolute Gasteiger partial charge is 0.226 e. The minimum Gasteiger partial charge on any atom is -0.338 e. The molecule has 0 aliphatic heterocycles. The number of hydrogen-bond acceptors (Lipinski definition) is 1. The van der Waals surface area contributed by atoms with E-state index >= 15 is 0 Å². The first-order valence-electron chi connectivity index (χ1n) is 7.67. The zero-order valence-corrected chi connectivity index (χ0v) is 11.6. The van der Waals surface area contributed by atoms with Crippen LogP contribution < -0.4 is 0 Å². The van der Waals surface area contributed by atoms with Gasteiger partial charge in [-0.15, -0.1) is 11.6 Å². The molecule has 0 aromatic heterocycles. The van der Waals surface area contributed by atoms with Crippen molar-refractivity contribution in [1.29, 1.82) is 0 Å². The molecular formula is C15H22ClNO. The molecule has 18 heavy (non-hydrogen) atoms. The maximum absolute atomic E-state index is 12.7. The van der Waals surface area contributed by atoms with Crippen molar-refractivity contribution < 1.29 is 4.79 Å². The summed E-state index contributed by atoms with van der Waals surface area (Å²) in [5, 5.41) is 0. The summed E-state index contributed by atoms with van der Waals surface area (Å²) < 4.78 is 0. The monoisotopic (exact) mass is 267 g/mol. The van der Waals surface area contributed by atoms with E-state index in [1.807, 2.05) is 0 Å². The van der Waals surface area contributed by atoms with Gasteiger partial charge in [0, 0.05) is 24.4 Å². The summed E-state index contributed by atoms with van der Waals surface area (Å²) >= 11 is 5.89. The first-order valence-corrected chi connectivity index (χ1v) is 8.21. The summed E-state index contributed by atoms with van der Waals surface area (Å²) in [6.07, 6.45) is 7.93. The zero-order valence-electron chi connectivity index (χ0n) is 10.9. The van der Waals surface area contributed by atoms with E-state index in [4.69, 9.17) is 11.6 Å². The molecule has 1 amide bonds. The summed E-state index contributed by atoms with van der Waals surface area (Å²) in [5.74, 6) is 4.80. The number of nitrogens with zero attached hydrogens (tertiary/aromatic N) is 1. The van der Waals surface area contributed by atoms with Crippen molar-refractivity contribution in [1.82, 2.24) is 4.90 Å². The molecule has 2 nitrogen and oxygen atoms in total. The molecule has 3 heteroatoms. The van der Waals surface area contributed by atoms with Crippen molar-refractivity contribution in [2.45, 2.75) is 44.6 Å². The lowest BCUT2D eigenvalue weighted by Gasteiger charge is -2.38. The summed E-state index contributed by atoms with van der Waals surface area (Å²) in [5.41, 5.74) is 0.